The van der Waals surface area contributed by atoms with Crippen molar-refractivity contribution in [3.05, 3.63) is 42.5 Å². The Morgan fingerprint density at radius 2 is 1.88 bits per heavy atom. The first-order valence-electron chi connectivity index (χ1n) is 8.04. The van der Waals surface area contributed by atoms with E-state index in [0.29, 0.717) is 23.7 Å². The Kier molecular flexibility index (Phi) is 4.67. The van der Waals surface area contributed by atoms with Crippen molar-refractivity contribution in [3.63, 3.8) is 0 Å². The zero-order valence-electron chi connectivity index (χ0n) is 14.3. The van der Waals surface area contributed by atoms with Gasteiger partial charge in [-0.1, -0.05) is 0 Å². The third-order valence-electron chi connectivity index (χ3n) is 3.72. The molecule has 0 spiro atoms. The van der Waals surface area contributed by atoms with E-state index in [1.165, 1.54) is 6.07 Å². The number of hydrogen-bond donors (Lipinski definition) is 1. The lowest BCUT2D eigenvalue weighted by atomic mass is 10.3. The first-order chi connectivity index (χ1) is 11.9. The van der Waals surface area contributed by atoms with Crippen molar-refractivity contribution in [3.8, 4) is 5.75 Å². The van der Waals surface area contributed by atoms with Gasteiger partial charge in [0.05, 0.1) is 16.8 Å². The maximum atomic E-state index is 12.3. The zero-order chi connectivity index (χ0) is 18.0. The van der Waals surface area contributed by atoms with Crippen LogP contribution in [0.4, 0.5) is 11.7 Å². The van der Waals surface area contributed by atoms with Crippen molar-refractivity contribution < 1.29 is 17.6 Å². The molecule has 6 nitrogen and oxygen atoms in total. The van der Waals surface area contributed by atoms with Gasteiger partial charge in [-0.2, -0.15) is 4.98 Å². The molecule has 0 aliphatic carbocycles. The Hall–Kier alpha value is -2.54. The summed E-state index contributed by atoms with van der Waals surface area (Å²) in [5.41, 5.74) is 1.82. The van der Waals surface area contributed by atoms with Crippen LogP contribution in [-0.4, -0.2) is 25.3 Å². The van der Waals surface area contributed by atoms with Gasteiger partial charge in [-0.25, -0.2) is 8.42 Å². The van der Waals surface area contributed by atoms with E-state index in [-0.39, 0.29) is 4.90 Å². The topological polar surface area (TPSA) is 81.4 Å². The monoisotopic (exact) mass is 360 g/mol. The molecule has 0 fully saturated rings. The Morgan fingerprint density at radius 1 is 1.16 bits per heavy atom. The highest BCUT2D eigenvalue weighted by atomic mass is 32.2. The summed E-state index contributed by atoms with van der Waals surface area (Å²) < 4.78 is 35.6. The van der Waals surface area contributed by atoms with Crippen molar-refractivity contribution in [2.45, 2.75) is 30.9 Å². The molecule has 3 aromatic rings. The number of ether oxygens (including phenoxy) is 1. The Labute approximate surface area is 146 Å². The summed E-state index contributed by atoms with van der Waals surface area (Å²) in [5.74, 6) is 0.786. The summed E-state index contributed by atoms with van der Waals surface area (Å²) in [6.45, 7) is 5.85. The fourth-order valence-corrected chi connectivity index (χ4v) is 3.41. The normalized spacial score (nSPS) is 11.8. The Bertz CT molecular complexity index is 976. The number of anilines is 2. The van der Waals surface area contributed by atoms with Gasteiger partial charge in [0.2, 0.25) is 0 Å². The smallest absolute Gasteiger partial charge is 0.300 e. The van der Waals surface area contributed by atoms with Crippen molar-refractivity contribution in [2.24, 2.45) is 0 Å². The number of aromatic nitrogens is 1. The molecule has 0 atom stereocenters. The molecule has 0 bridgehead atoms. The first kappa shape index (κ1) is 17.3. The van der Waals surface area contributed by atoms with E-state index in [4.69, 9.17) is 9.15 Å². The van der Waals surface area contributed by atoms with Gasteiger partial charge in [-0.3, -0.25) is 0 Å². The fourth-order valence-electron chi connectivity index (χ4n) is 2.33. The molecule has 0 saturated heterocycles. The lowest BCUT2D eigenvalue weighted by Crippen LogP contribution is -2.13. The van der Waals surface area contributed by atoms with Crippen LogP contribution in [0.3, 0.4) is 0 Å². The molecule has 0 aliphatic rings. The molecule has 0 unspecified atom stereocenters. The van der Waals surface area contributed by atoms with E-state index in [0.717, 1.165) is 11.4 Å². The minimum Gasteiger partial charge on any atom is -0.494 e. The SMILES string of the molecule is CCOc1ccc(Nc2nc3cc(S(=O)(=O)C(C)C)ccc3o2)cc1. The van der Waals surface area contributed by atoms with Crippen LogP contribution in [0.25, 0.3) is 11.1 Å². The molecular weight excluding hydrogens is 340 g/mol. The Balaban J connectivity index is 1.86. The summed E-state index contributed by atoms with van der Waals surface area (Å²) in [6.07, 6.45) is 0. The molecule has 132 valence electrons. The lowest BCUT2D eigenvalue weighted by molar-refractivity contribution is 0.340. The van der Waals surface area contributed by atoms with Gasteiger partial charge < -0.3 is 14.5 Å². The quantitative estimate of drug-likeness (QED) is 0.711. The summed E-state index contributed by atoms with van der Waals surface area (Å²) in [7, 11) is -3.34. The molecule has 0 radical (unpaired) electrons. The van der Waals surface area contributed by atoms with Crippen LogP contribution in [0, 0.1) is 0 Å². The predicted molar refractivity (Wildman–Crippen MR) is 97.2 cm³/mol. The van der Waals surface area contributed by atoms with E-state index in [2.05, 4.69) is 10.3 Å². The van der Waals surface area contributed by atoms with Crippen LogP contribution in [0.5, 0.6) is 5.75 Å². The largest absolute Gasteiger partial charge is 0.494 e. The van der Waals surface area contributed by atoms with Gasteiger partial charge in [0.1, 0.15) is 11.3 Å². The van der Waals surface area contributed by atoms with E-state index >= 15 is 0 Å². The van der Waals surface area contributed by atoms with Crippen LogP contribution < -0.4 is 10.1 Å². The second kappa shape index (κ2) is 6.76. The average Bonchev–Trinajstić information content (AvgIpc) is 2.98. The van der Waals surface area contributed by atoms with Crippen LogP contribution >= 0.6 is 0 Å². The highest BCUT2D eigenvalue weighted by Crippen LogP contribution is 2.26. The molecule has 1 aromatic heterocycles. The van der Waals surface area contributed by atoms with Crippen molar-refractivity contribution in [2.75, 3.05) is 11.9 Å². The van der Waals surface area contributed by atoms with Crippen molar-refractivity contribution in [1.82, 2.24) is 4.98 Å². The van der Waals surface area contributed by atoms with Gasteiger partial charge in [-0.05, 0) is 63.2 Å². The number of benzene rings is 2. The summed E-state index contributed by atoms with van der Waals surface area (Å²) in [6, 6.07) is 12.4. The van der Waals surface area contributed by atoms with Gasteiger partial charge in [0, 0.05) is 5.69 Å². The van der Waals surface area contributed by atoms with Gasteiger partial charge in [0.15, 0.2) is 15.4 Å². The van der Waals surface area contributed by atoms with Crippen LogP contribution in [-0.2, 0) is 9.84 Å². The van der Waals surface area contributed by atoms with Crippen LogP contribution in [0.2, 0.25) is 0 Å². The minimum atomic E-state index is -3.34. The average molecular weight is 360 g/mol. The highest BCUT2D eigenvalue weighted by Gasteiger charge is 2.20. The predicted octanol–water partition coefficient (Wildman–Crippen LogP) is 4.15. The molecule has 3 rings (SSSR count). The van der Waals surface area contributed by atoms with E-state index < -0.39 is 15.1 Å². The van der Waals surface area contributed by atoms with E-state index in [1.54, 1.807) is 26.0 Å². The minimum absolute atomic E-state index is 0.246. The molecule has 25 heavy (non-hydrogen) atoms. The first-order valence-corrected chi connectivity index (χ1v) is 9.59. The lowest BCUT2D eigenvalue weighted by Gasteiger charge is -2.06. The van der Waals surface area contributed by atoms with Gasteiger partial charge in [0.25, 0.3) is 6.01 Å². The number of rotatable bonds is 6. The second-order valence-corrected chi connectivity index (χ2v) is 8.33. The molecule has 0 amide bonds. The molecule has 2 aromatic carbocycles. The third kappa shape index (κ3) is 3.61. The van der Waals surface area contributed by atoms with Crippen LogP contribution in [0.1, 0.15) is 20.8 Å². The number of sulfone groups is 1. The molecule has 1 heterocycles. The number of hydrogen-bond acceptors (Lipinski definition) is 6. The maximum Gasteiger partial charge on any atom is 0.300 e. The molecule has 1 N–H and O–H groups in total. The number of oxazole rings is 1. The number of fused-ring (bicyclic) bond motifs is 1. The summed E-state index contributed by atoms with van der Waals surface area (Å²) >= 11 is 0. The van der Waals surface area contributed by atoms with Crippen molar-refractivity contribution in [1.29, 1.82) is 0 Å². The standard InChI is InChI=1S/C18H20N2O4S/c1-4-23-14-7-5-13(6-8-14)19-18-20-16-11-15(9-10-17(16)24-18)25(21,22)12(2)3/h5-12H,4H2,1-3H3,(H,19,20). The molecule has 0 saturated carbocycles. The fraction of sp³-hybridized carbons (Fsp3) is 0.278. The number of nitrogens with zero attached hydrogens (tertiary/aromatic N) is 1. The Morgan fingerprint density at radius 3 is 2.52 bits per heavy atom. The van der Waals surface area contributed by atoms with E-state index in [9.17, 15) is 8.42 Å². The summed E-state index contributed by atoms with van der Waals surface area (Å²) in [4.78, 5) is 4.57. The van der Waals surface area contributed by atoms with Crippen LogP contribution in [0.15, 0.2) is 51.8 Å². The molecule has 7 heteroatoms. The molecule has 0 aliphatic heterocycles. The van der Waals surface area contributed by atoms with Crippen molar-refractivity contribution >= 4 is 32.6 Å². The third-order valence-corrected chi connectivity index (χ3v) is 5.88. The summed E-state index contributed by atoms with van der Waals surface area (Å²) in [5, 5.41) is 2.57. The number of nitrogens with one attached hydrogen (secondary N) is 1. The highest BCUT2D eigenvalue weighted by molar-refractivity contribution is 7.92. The van der Waals surface area contributed by atoms with Gasteiger partial charge in [-0.15, -0.1) is 0 Å². The van der Waals surface area contributed by atoms with E-state index in [1.807, 2.05) is 31.2 Å². The second-order valence-electron chi connectivity index (χ2n) is 5.82. The zero-order valence-corrected chi connectivity index (χ0v) is 15.1. The molecular formula is C18H20N2O4S. The van der Waals surface area contributed by atoms with Gasteiger partial charge >= 0.3 is 0 Å². The maximum absolute atomic E-state index is 12.3.